The third-order valence-electron chi connectivity index (χ3n) is 3.74. The largest absolute Gasteiger partial charge is 0.479 e. The number of nitrogens with zero attached hydrogens (tertiary/aromatic N) is 2. The Balaban J connectivity index is 2.00. The van der Waals surface area contributed by atoms with Crippen LogP contribution in [0.3, 0.4) is 0 Å². The highest BCUT2D eigenvalue weighted by Crippen LogP contribution is 2.25. The highest BCUT2D eigenvalue weighted by molar-refractivity contribution is 8.00. The first-order chi connectivity index (χ1) is 9.00. The van der Waals surface area contributed by atoms with Crippen LogP contribution in [0.5, 0.6) is 0 Å². The SMILES string of the molecule is CC1SCCN(C(=O)N2CCOC(C(=O)O)C2)C1C. The van der Waals surface area contributed by atoms with Gasteiger partial charge >= 0.3 is 12.0 Å². The molecule has 0 bridgehead atoms. The quantitative estimate of drug-likeness (QED) is 0.770. The lowest BCUT2D eigenvalue weighted by atomic mass is 10.2. The monoisotopic (exact) mass is 288 g/mol. The predicted molar refractivity (Wildman–Crippen MR) is 72.4 cm³/mol. The minimum absolute atomic E-state index is 0.0609. The van der Waals surface area contributed by atoms with Crippen LogP contribution in [-0.4, -0.2) is 76.3 Å². The van der Waals surface area contributed by atoms with Gasteiger partial charge in [-0.15, -0.1) is 0 Å². The number of hydrogen-bond acceptors (Lipinski definition) is 4. The van der Waals surface area contributed by atoms with Gasteiger partial charge in [0.1, 0.15) is 0 Å². The van der Waals surface area contributed by atoms with Crippen molar-refractivity contribution in [2.45, 2.75) is 31.2 Å². The summed E-state index contributed by atoms with van der Waals surface area (Å²) >= 11 is 1.87. The van der Waals surface area contributed by atoms with E-state index in [-0.39, 0.29) is 25.2 Å². The van der Waals surface area contributed by atoms with E-state index in [1.54, 1.807) is 4.90 Å². The molecule has 2 aliphatic heterocycles. The van der Waals surface area contributed by atoms with Crippen molar-refractivity contribution >= 4 is 23.8 Å². The number of carboxylic acid groups (broad SMARTS) is 1. The molecule has 2 rings (SSSR count). The van der Waals surface area contributed by atoms with Gasteiger partial charge in [0.15, 0.2) is 6.10 Å². The molecule has 2 saturated heterocycles. The fourth-order valence-corrected chi connectivity index (χ4v) is 3.46. The molecule has 2 heterocycles. The molecule has 0 aromatic heterocycles. The molecule has 2 amide bonds. The van der Waals surface area contributed by atoms with Crippen molar-refractivity contribution in [2.75, 3.05) is 32.0 Å². The maximum absolute atomic E-state index is 12.5. The van der Waals surface area contributed by atoms with Crippen molar-refractivity contribution in [3.8, 4) is 0 Å². The molecule has 6 nitrogen and oxygen atoms in total. The second-order valence-corrected chi connectivity index (χ2v) is 6.42. The summed E-state index contributed by atoms with van der Waals surface area (Å²) in [5.41, 5.74) is 0. The van der Waals surface area contributed by atoms with E-state index in [4.69, 9.17) is 9.84 Å². The van der Waals surface area contributed by atoms with Crippen LogP contribution in [0.25, 0.3) is 0 Å². The van der Waals surface area contributed by atoms with E-state index in [2.05, 4.69) is 6.92 Å². The first-order valence-corrected chi connectivity index (χ1v) is 7.57. The molecular formula is C12H20N2O4S. The standard InChI is InChI=1S/C12H20N2O4S/c1-8-9(2)19-6-4-14(8)12(17)13-3-5-18-10(7-13)11(15)16/h8-10H,3-7H2,1-2H3,(H,15,16). The van der Waals surface area contributed by atoms with Crippen molar-refractivity contribution in [2.24, 2.45) is 0 Å². The van der Waals surface area contributed by atoms with Gasteiger partial charge in [0.25, 0.3) is 0 Å². The number of rotatable bonds is 1. The molecule has 3 unspecified atom stereocenters. The predicted octanol–water partition coefficient (Wildman–Crippen LogP) is 0.718. The Hall–Kier alpha value is -0.950. The number of urea groups is 1. The first-order valence-electron chi connectivity index (χ1n) is 6.52. The van der Waals surface area contributed by atoms with Crippen LogP contribution in [0, 0.1) is 0 Å². The fraction of sp³-hybridized carbons (Fsp3) is 0.833. The Morgan fingerprint density at radius 3 is 2.74 bits per heavy atom. The van der Waals surface area contributed by atoms with Crippen LogP contribution < -0.4 is 0 Å². The van der Waals surface area contributed by atoms with Crippen LogP contribution in [0.15, 0.2) is 0 Å². The Labute approximate surface area is 117 Å². The molecule has 19 heavy (non-hydrogen) atoms. The minimum Gasteiger partial charge on any atom is -0.479 e. The number of carbonyl (C=O) groups excluding carboxylic acids is 1. The lowest BCUT2D eigenvalue weighted by molar-refractivity contribution is -0.154. The van der Waals surface area contributed by atoms with E-state index in [1.807, 2.05) is 23.6 Å². The van der Waals surface area contributed by atoms with E-state index in [0.717, 1.165) is 12.3 Å². The highest BCUT2D eigenvalue weighted by Gasteiger charge is 2.35. The Kier molecular flexibility index (Phi) is 4.57. The number of carbonyl (C=O) groups is 2. The zero-order valence-corrected chi connectivity index (χ0v) is 12.1. The van der Waals surface area contributed by atoms with Gasteiger partial charge in [0, 0.05) is 30.1 Å². The van der Waals surface area contributed by atoms with Gasteiger partial charge in [-0.1, -0.05) is 6.92 Å². The number of amides is 2. The van der Waals surface area contributed by atoms with Gasteiger partial charge in [-0.2, -0.15) is 11.8 Å². The van der Waals surface area contributed by atoms with Gasteiger partial charge < -0.3 is 19.6 Å². The second-order valence-electron chi connectivity index (χ2n) is 4.94. The number of hydrogen-bond donors (Lipinski definition) is 1. The van der Waals surface area contributed by atoms with Crippen molar-refractivity contribution in [1.82, 2.24) is 9.80 Å². The number of aliphatic carboxylic acids is 1. The zero-order valence-electron chi connectivity index (χ0n) is 11.2. The number of morpholine rings is 1. The number of ether oxygens (including phenoxy) is 1. The number of carboxylic acids is 1. The van der Waals surface area contributed by atoms with Crippen LogP contribution in [0.4, 0.5) is 4.79 Å². The first kappa shape index (κ1) is 14.5. The van der Waals surface area contributed by atoms with E-state index in [1.165, 1.54) is 0 Å². The second kappa shape index (κ2) is 6.00. The molecule has 2 fully saturated rings. The Bertz CT molecular complexity index is 366. The van der Waals surface area contributed by atoms with E-state index < -0.39 is 12.1 Å². The summed E-state index contributed by atoms with van der Waals surface area (Å²) in [5, 5.41) is 9.37. The lowest BCUT2D eigenvalue weighted by Crippen LogP contribution is -2.57. The third kappa shape index (κ3) is 3.14. The van der Waals surface area contributed by atoms with Gasteiger partial charge in [0.2, 0.25) is 0 Å². The maximum Gasteiger partial charge on any atom is 0.334 e. The normalized spacial score (nSPS) is 32.2. The maximum atomic E-state index is 12.5. The summed E-state index contributed by atoms with van der Waals surface area (Å²) in [7, 11) is 0. The van der Waals surface area contributed by atoms with Crippen LogP contribution >= 0.6 is 11.8 Å². The summed E-state index contributed by atoms with van der Waals surface area (Å²) in [4.78, 5) is 26.9. The molecule has 0 aromatic rings. The van der Waals surface area contributed by atoms with Crippen molar-refractivity contribution in [1.29, 1.82) is 0 Å². The van der Waals surface area contributed by atoms with Crippen LogP contribution in [0.2, 0.25) is 0 Å². The van der Waals surface area contributed by atoms with Crippen molar-refractivity contribution < 1.29 is 19.4 Å². The molecule has 0 radical (unpaired) electrons. The summed E-state index contributed by atoms with van der Waals surface area (Å²) in [6, 6.07) is 0.117. The molecule has 108 valence electrons. The van der Waals surface area contributed by atoms with Crippen LogP contribution in [0.1, 0.15) is 13.8 Å². The third-order valence-corrected chi connectivity index (χ3v) is 5.08. The number of thioether (sulfide) groups is 1. The van der Waals surface area contributed by atoms with Gasteiger partial charge in [0.05, 0.1) is 13.2 Å². The summed E-state index contributed by atoms with van der Waals surface area (Å²) < 4.78 is 5.14. The summed E-state index contributed by atoms with van der Waals surface area (Å²) in [5.74, 6) is -0.0719. The molecule has 0 spiro atoms. The fourth-order valence-electron chi connectivity index (χ4n) is 2.36. The molecule has 3 atom stereocenters. The average Bonchev–Trinajstić information content (AvgIpc) is 2.41. The van der Waals surface area contributed by atoms with Gasteiger partial charge in [-0.05, 0) is 6.92 Å². The van der Waals surface area contributed by atoms with E-state index in [0.29, 0.717) is 11.8 Å². The molecule has 0 aliphatic carbocycles. The molecule has 1 N–H and O–H groups in total. The van der Waals surface area contributed by atoms with Crippen molar-refractivity contribution in [3.05, 3.63) is 0 Å². The van der Waals surface area contributed by atoms with E-state index >= 15 is 0 Å². The molecule has 0 saturated carbocycles. The Morgan fingerprint density at radius 2 is 2.05 bits per heavy atom. The van der Waals surface area contributed by atoms with Crippen molar-refractivity contribution in [3.63, 3.8) is 0 Å². The highest BCUT2D eigenvalue weighted by atomic mass is 32.2. The smallest absolute Gasteiger partial charge is 0.334 e. The molecule has 0 aromatic carbocycles. The van der Waals surface area contributed by atoms with E-state index in [9.17, 15) is 9.59 Å². The molecular weight excluding hydrogens is 268 g/mol. The molecule has 7 heteroatoms. The summed E-state index contributed by atoms with van der Waals surface area (Å²) in [6.07, 6.45) is -0.899. The lowest BCUT2D eigenvalue weighted by Gasteiger charge is -2.41. The summed E-state index contributed by atoms with van der Waals surface area (Å²) in [6.45, 7) is 5.78. The molecule has 2 aliphatic rings. The average molecular weight is 288 g/mol. The Morgan fingerprint density at radius 1 is 1.32 bits per heavy atom. The van der Waals surface area contributed by atoms with Gasteiger partial charge in [-0.25, -0.2) is 9.59 Å². The topological polar surface area (TPSA) is 70.1 Å². The zero-order chi connectivity index (χ0) is 14.0. The van der Waals surface area contributed by atoms with Crippen LogP contribution in [-0.2, 0) is 9.53 Å². The minimum atomic E-state index is -1.01. The van der Waals surface area contributed by atoms with Gasteiger partial charge in [-0.3, -0.25) is 0 Å².